The first kappa shape index (κ1) is 19.1. The summed E-state index contributed by atoms with van der Waals surface area (Å²) in [5.41, 5.74) is 0.451. The van der Waals surface area contributed by atoms with Crippen LogP contribution < -0.4 is 16.0 Å². The van der Waals surface area contributed by atoms with Crippen LogP contribution in [-0.2, 0) is 16.1 Å². The van der Waals surface area contributed by atoms with Crippen LogP contribution in [0.25, 0.3) is 0 Å². The summed E-state index contributed by atoms with van der Waals surface area (Å²) in [6.07, 6.45) is 1.48. The molecule has 0 aliphatic carbocycles. The third-order valence-corrected chi connectivity index (χ3v) is 3.21. The highest BCUT2D eigenvalue weighted by atomic mass is 19.1. The van der Waals surface area contributed by atoms with E-state index in [1.165, 1.54) is 35.4 Å². The first-order valence-electron chi connectivity index (χ1n) is 7.76. The summed E-state index contributed by atoms with van der Waals surface area (Å²) in [5.74, 6) is -0.766. The van der Waals surface area contributed by atoms with Crippen LogP contribution in [0.4, 0.5) is 14.9 Å². The number of carbonyl (C=O) groups is 3. The molecule has 1 aromatic heterocycles. The molecular formula is C17H19FN4O4. The topological polar surface area (TPSA) is 104 Å². The number of nitrogens with zero attached hydrogens (tertiary/aromatic N) is 1. The lowest BCUT2D eigenvalue weighted by molar-refractivity contribution is -0.122. The van der Waals surface area contributed by atoms with Crippen LogP contribution >= 0.6 is 0 Å². The van der Waals surface area contributed by atoms with E-state index in [0.29, 0.717) is 11.4 Å². The molecule has 0 bridgehead atoms. The molecule has 3 N–H and O–H groups in total. The summed E-state index contributed by atoms with van der Waals surface area (Å²) in [7, 11) is 1.56. The van der Waals surface area contributed by atoms with Crippen molar-refractivity contribution in [2.75, 3.05) is 25.5 Å². The number of halogens is 1. The number of nitrogens with one attached hydrogen (secondary N) is 3. The lowest BCUT2D eigenvalue weighted by Gasteiger charge is -2.15. The fourth-order valence-electron chi connectivity index (χ4n) is 2.07. The van der Waals surface area contributed by atoms with Gasteiger partial charge in [0.25, 0.3) is 0 Å². The van der Waals surface area contributed by atoms with Crippen molar-refractivity contribution in [3.63, 3.8) is 0 Å². The largest absolute Gasteiger partial charge is 0.467 e. The number of carbonyl (C=O) groups excluding carboxylic acids is 3. The smallest absolute Gasteiger partial charge is 0.321 e. The number of furan rings is 1. The van der Waals surface area contributed by atoms with Gasteiger partial charge in [-0.25, -0.2) is 9.18 Å². The van der Waals surface area contributed by atoms with Gasteiger partial charge in [-0.15, -0.1) is 0 Å². The average molecular weight is 362 g/mol. The molecule has 2 aromatic rings. The molecule has 8 nitrogen and oxygen atoms in total. The first-order chi connectivity index (χ1) is 12.4. The molecule has 0 unspecified atom stereocenters. The van der Waals surface area contributed by atoms with Gasteiger partial charge in [-0.2, -0.15) is 0 Å². The molecule has 0 saturated carbocycles. The van der Waals surface area contributed by atoms with E-state index < -0.39 is 17.8 Å². The standard InChI is InChI=1S/C17H19FN4O4/c1-22(10-15(23)20-13-6-4-12(18)5-7-13)11-16(24)21-17(25)19-9-14-3-2-8-26-14/h2-8H,9-11H2,1H3,(H,20,23)(H2,19,21,24,25). The Hall–Kier alpha value is -3.20. The van der Waals surface area contributed by atoms with E-state index in [-0.39, 0.29) is 25.5 Å². The van der Waals surface area contributed by atoms with Crippen molar-refractivity contribution in [3.8, 4) is 0 Å². The van der Waals surface area contributed by atoms with Crippen molar-refractivity contribution in [1.82, 2.24) is 15.5 Å². The van der Waals surface area contributed by atoms with E-state index in [2.05, 4.69) is 16.0 Å². The fraction of sp³-hybridized carbons (Fsp3) is 0.235. The zero-order valence-electron chi connectivity index (χ0n) is 14.1. The van der Waals surface area contributed by atoms with Crippen molar-refractivity contribution in [2.24, 2.45) is 0 Å². The number of benzene rings is 1. The molecule has 0 saturated heterocycles. The monoisotopic (exact) mass is 362 g/mol. The van der Waals surface area contributed by atoms with Gasteiger partial charge in [0.05, 0.1) is 25.9 Å². The van der Waals surface area contributed by atoms with Gasteiger partial charge in [0, 0.05) is 5.69 Å². The third kappa shape index (κ3) is 6.73. The number of rotatable bonds is 7. The highest BCUT2D eigenvalue weighted by molar-refractivity contribution is 5.96. The zero-order valence-corrected chi connectivity index (χ0v) is 14.1. The summed E-state index contributed by atoms with van der Waals surface area (Å²) in [6, 6.07) is 8.05. The van der Waals surface area contributed by atoms with Crippen LogP contribution in [0.1, 0.15) is 5.76 Å². The summed E-state index contributed by atoms with van der Waals surface area (Å²) in [4.78, 5) is 36.7. The highest BCUT2D eigenvalue weighted by Crippen LogP contribution is 2.07. The molecule has 0 aliphatic rings. The van der Waals surface area contributed by atoms with Gasteiger partial charge in [-0.05, 0) is 43.4 Å². The van der Waals surface area contributed by atoms with Crippen molar-refractivity contribution in [2.45, 2.75) is 6.54 Å². The zero-order chi connectivity index (χ0) is 18.9. The Balaban J connectivity index is 1.68. The van der Waals surface area contributed by atoms with Gasteiger partial charge in [0.1, 0.15) is 11.6 Å². The van der Waals surface area contributed by atoms with Crippen LogP contribution in [0.2, 0.25) is 0 Å². The molecular weight excluding hydrogens is 343 g/mol. The molecule has 0 fully saturated rings. The Morgan fingerprint density at radius 3 is 2.42 bits per heavy atom. The van der Waals surface area contributed by atoms with Gasteiger partial charge in [-0.3, -0.25) is 19.8 Å². The van der Waals surface area contributed by atoms with Crippen LogP contribution in [0.5, 0.6) is 0 Å². The summed E-state index contributed by atoms with van der Waals surface area (Å²) >= 11 is 0. The molecule has 0 aliphatic heterocycles. The van der Waals surface area contributed by atoms with Gasteiger partial charge in [-0.1, -0.05) is 0 Å². The van der Waals surface area contributed by atoms with Crippen molar-refractivity contribution in [1.29, 1.82) is 0 Å². The van der Waals surface area contributed by atoms with Crippen molar-refractivity contribution >= 4 is 23.5 Å². The quantitative estimate of drug-likeness (QED) is 0.689. The molecule has 9 heteroatoms. The van der Waals surface area contributed by atoms with Gasteiger partial charge < -0.3 is 15.1 Å². The normalized spacial score (nSPS) is 10.4. The molecule has 2 rings (SSSR count). The van der Waals surface area contributed by atoms with Gasteiger partial charge in [0.2, 0.25) is 11.8 Å². The summed E-state index contributed by atoms with van der Waals surface area (Å²) < 4.78 is 17.9. The maximum atomic E-state index is 12.8. The molecule has 138 valence electrons. The minimum atomic E-state index is -0.657. The second-order valence-electron chi connectivity index (χ2n) is 5.54. The van der Waals surface area contributed by atoms with Crippen LogP contribution in [-0.4, -0.2) is 42.9 Å². The highest BCUT2D eigenvalue weighted by Gasteiger charge is 2.13. The lowest BCUT2D eigenvalue weighted by atomic mass is 10.3. The molecule has 1 heterocycles. The molecule has 4 amide bonds. The van der Waals surface area contributed by atoms with Crippen LogP contribution in [0.15, 0.2) is 47.1 Å². The second kappa shape index (κ2) is 9.33. The van der Waals surface area contributed by atoms with E-state index >= 15 is 0 Å². The number of imide groups is 1. The number of hydrogen-bond acceptors (Lipinski definition) is 5. The minimum Gasteiger partial charge on any atom is -0.467 e. The number of hydrogen-bond donors (Lipinski definition) is 3. The molecule has 0 spiro atoms. The van der Waals surface area contributed by atoms with E-state index in [1.54, 1.807) is 19.2 Å². The molecule has 0 radical (unpaired) electrons. The van der Waals surface area contributed by atoms with Gasteiger partial charge >= 0.3 is 6.03 Å². The second-order valence-corrected chi connectivity index (χ2v) is 5.54. The number of amides is 4. The third-order valence-electron chi connectivity index (χ3n) is 3.21. The lowest BCUT2D eigenvalue weighted by Crippen LogP contribution is -2.44. The van der Waals surface area contributed by atoms with E-state index in [1.807, 2.05) is 0 Å². The number of anilines is 1. The Kier molecular flexibility index (Phi) is 6.86. The number of likely N-dealkylation sites (N-methyl/N-ethyl adjacent to an activating group) is 1. The van der Waals surface area contributed by atoms with Gasteiger partial charge in [0.15, 0.2) is 0 Å². The minimum absolute atomic E-state index is 0.0706. The van der Waals surface area contributed by atoms with E-state index in [0.717, 1.165) is 0 Å². The maximum absolute atomic E-state index is 12.8. The van der Waals surface area contributed by atoms with Crippen LogP contribution in [0.3, 0.4) is 0 Å². The predicted molar refractivity (Wildman–Crippen MR) is 91.6 cm³/mol. The van der Waals surface area contributed by atoms with E-state index in [9.17, 15) is 18.8 Å². The molecule has 1 aromatic carbocycles. The van der Waals surface area contributed by atoms with E-state index in [4.69, 9.17) is 4.42 Å². The predicted octanol–water partition coefficient (Wildman–Crippen LogP) is 1.31. The Bertz CT molecular complexity index is 747. The van der Waals surface area contributed by atoms with Crippen molar-refractivity contribution < 1.29 is 23.2 Å². The SMILES string of the molecule is CN(CC(=O)NC(=O)NCc1ccco1)CC(=O)Nc1ccc(F)cc1. The maximum Gasteiger partial charge on any atom is 0.321 e. The Morgan fingerprint density at radius 1 is 1.08 bits per heavy atom. The summed E-state index contributed by atoms with van der Waals surface area (Å²) in [5, 5.41) is 7.21. The summed E-state index contributed by atoms with van der Waals surface area (Å²) in [6.45, 7) is -0.0636. The molecule has 0 atom stereocenters. The Morgan fingerprint density at radius 2 is 1.77 bits per heavy atom. The molecule has 26 heavy (non-hydrogen) atoms. The van der Waals surface area contributed by atoms with Crippen LogP contribution in [0, 0.1) is 5.82 Å². The average Bonchev–Trinajstić information content (AvgIpc) is 3.08. The fourth-order valence-corrected chi connectivity index (χ4v) is 2.07. The Labute approximate surface area is 149 Å². The number of urea groups is 1. The first-order valence-corrected chi connectivity index (χ1v) is 7.76. The van der Waals surface area contributed by atoms with Crippen molar-refractivity contribution in [3.05, 3.63) is 54.2 Å².